The van der Waals surface area contributed by atoms with Crippen LogP contribution in [0.15, 0.2) is 47.2 Å². The summed E-state index contributed by atoms with van der Waals surface area (Å²) in [4.78, 5) is 15.7. The minimum atomic E-state index is 0.101. The average Bonchev–Trinajstić information content (AvgIpc) is 3.39. The van der Waals surface area contributed by atoms with Crippen molar-refractivity contribution in [3.8, 4) is 17.3 Å². The van der Waals surface area contributed by atoms with Gasteiger partial charge in [-0.1, -0.05) is 11.2 Å². The third-order valence-electron chi connectivity index (χ3n) is 4.70. The number of rotatable bonds is 8. The van der Waals surface area contributed by atoms with Gasteiger partial charge in [0.05, 0.1) is 18.3 Å². The van der Waals surface area contributed by atoms with Crippen molar-refractivity contribution < 1.29 is 14.0 Å². The Morgan fingerprint density at radius 3 is 3.00 bits per heavy atom. The van der Waals surface area contributed by atoms with E-state index in [0.717, 1.165) is 31.6 Å². The predicted molar refractivity (Wildman–Crippen MR) is 102 cm³/mol. The van der Waals surface area contributed by atoms with E-state index >= 15 is 0 Å². The number of hydrogen-bond acceptors (Lipinski definition) is 8. The zero-order valence-corrected chi connectivity index (χ0v) is 15.8. The Hall–Kier alpha value is -2.84. The van der Waals surface area contributed by atoms with E-state index in [1.165, 1.54) is 0 Å². The quantitative estimate of drug-likeness (QED) is 0.551. The topological polar surface area (TPSA) is 86.4 Å². The molecule has 0 spiro atoms. The van der Waals surface area contributed by atoms with E-state index in [4.69, 9.17) is 14.0 Å². The molecular weight excluding hydrogens is 358 g/mol. The Morgan fingerprint density at radius 1 is 1.18 bits per heavy atom. The van der Waals surface area contributed by atoms with Gasteiger partial charge in [0.2, 0.25) is 11.7 Å². The van der Waals surface area contributed by atoms with Gasteiger partial charge < -0.3 is 14.0 Å². The van der Waals surface area contributed by atoms with Crippen molar-refractivity contribution >= 4 is 0 Å². The molecule has 0 N–H and O–H groups in total. The Bertz CT molecular complexity index is 886. The Morgan fingerprint density at radius 2 is 2.14 bits per heavy atom. The highest BCUT2D eigenvalue weighted by atomic mass is 16.5. The van der Waals surface area contributed by atoms with Crippen molar-refractivity contribution in [3.05, 3.63) is 54.3 Å². The summed E-state index contributed by atoms with van der Waals surface area (Å²) in [6, 6.07) is 9.68. The zero-order chi connectivity index (χ0) is 19.2. The SMILES string of the molecule is COCCOc1ccnc(-c2noc(C3CCCN3Cc3ccccn3)n2)c1. The second-order valence-electron chi connectivity index (χ2n) is 6.62. The van der Waals surface area contributed by atoms with Gasteiger partial charge in [-0.25, -0.2) is 0 Å². The molecule has 1 aliphatic heterocycles. The predicted octanol–water partition coefficient (Wildman–Crippen LogP) is 2.89. The van der Waals surface area contributed by atoms with Gasteiger partial charge in [0.1, 0.15) is 18.1 Å². The monoisotopic (exact) mass is 381 g/mol. The van der Waals surface area contributed by atoms with E-state index < -0.39 is 0 Å². The van der Waals surface area contributed by atoms with Crippen LogP contribution in [0.3, 0.4) is 0 Å². The molecule has 0 amide bonds. The van der Waals surface area contributed by atoms with Crippen molar-refractivity contribution in [1.29, 1.82) is 0 Å². The molecule has 1 unspecified atom stereocenters. The minimum Gasteiger partial charge on any atom is -0.491 e. The Labute approximate surface area is 163 Å². The summed E-state index contributed by atoms with van der Waals surface area (Å²) in [7, 11) is 1.64. The van der Waals surface area contributed by atoms with Gasteiger partial charge >= 0.3 is 0 Å². The zero-order valence-electron chi connectivity index (χ0n) is 15.8. The summed E-state index contributed by atoms with van der Waals surface area (Å²) < 4.78 is 16.2. The molecule has 0 bridgehead atoms. The van der Waals surface area contributed by atoms with Crippen LogP contribution in [0.1, 0.15) is 30.5 Å². The van der Waals surface area contributed by atoms with Crippen LogP contribution in [0.4, 0.5) is 0 Å². The highest BCUT2D eigenvalue weighted by Gasteiger charge is 2.31. The number of aromatic nitrogens is 4. The molecule has 146 valence electrons. The molecule has 1 saturated heterocycles. The van der Waals surface area contributed by atoms with Crippen LogP contribution >= 0.6 is 0 Å². The van der Waals surface area contributed by atoms with Crippen molar-refractivity contribution in [1.82, 2.24) is 25.0 Å². The number of likely N-dealkylation sites (tertiary alicyclic amines) is 1. The molecule has 0 aromatic carbocycles. The lowest BCUT2D eigenvalue weighted by Crippen LogP contribution is -2.23. The maximum atomic E-state index is 5.63. The van der Waals surface area contributed by atoms with Crippen molar-refractivity contribution in [2.24, 2.45) is 0 Å². The molecule has 3 aromatic heterocycles. The summed E-state index contributed by atoms with van der Waals surface area (Å²) in [5, 5.41) is 4.14. The summed E-state index contributed by atoms with van der Waals surface area (Å²) in [6.45, 7) is 2.75. The smallest absolute Gasteiger partial charge is 0.244 e. The van der Waals surface area contributed by atoms with Gasteiger partial charge in [0, 0.05) is 32.1 Å². The highest BCUT2D eigenvalue weighted by molar-refractivity contribution is 5.50. The largest absolute Gasteiger partial charge is 0.491 e. The van der Waals surface area contributed by atoms with Gasteiger partial charge in [0.25, 0.3) is 0 Å². The number of ether oxygens (including phenoxy) is 2. The van der Waals surface area contributed by atoms with Gasteiger partial charge in [-0.15, -0.1) is 0 Å². The van der Waals surface area contributed by atoms with Crippen molar-refractivity contribution in [2.45, 2.75) is 25.4 Å². The van der Waals surface area contributed by atoms with Crippen LogP contribution in [0.5, 0.6) is 5.75 Å². The van der Waals surface area contributed by atoms with Crippen molar-refractivity contribution in [2.75, 3.05) is 26.9 Å². The first kappa shape index (κ1) is 18.5. The summed E-state index contributed by atoms with van der Waals surface area (Å²) in [5.41, 5.74) is 1.66. The average molecular weight is 381 g/mol. The molecule has 28 heavy (non-hydrogen) atoms. The van der Waals surface area contributed by atoms with E-state index in [-0.39, 0.29) is 6.04 Å². The normalized spacial score (nSPS) is 17.1. The first-order chi connectivity index (χ1) is 13.8. The molecule has 1 atom stereocenters. The fourth-order valence-corrected chi connectivity index (χ4v) is 3.34. The third-order valence-corrected chi connectivity index (χ3v) is 4.70. The lowest BCUT2D eigenvalue weighted by Gasteiger charge is -2.20. The second kappa shape index (κ2) is 8.90. The fourth-order valence-electron chi connectivity index (χ4n) is 3.34. The maximum Gasteiger partial charge on any atom is 0.244 e. The minimum absolute atomic E-state index is 0.101. The molecule has 0 saturated carbocycles. The Kier molecular flexibility index (Phi) is 5.89. The Balaban J connectivity index is 1.47. The van der Waals surface area contributed by atoms with Crippen LogP contribution in [0, 0.1) is 0 Å². The number of nitrogens with zero attached hydrogens (tertiary/aromatic N) is 5. The van der Waals surface area contributed by atoms with Gasteiger partial charge in [-0.3, -0.25) is 14.9 Å². The van der Waals surface area contributed by atoms with Crippen LogP contribution < -0.4 is 4.74 Å². The standard InChI is InChI=1S/C20H23N5O3/c1-26-11-12-27-16-7-9-22-17(13-16)19-23-20(28-24-19)18-6-4-10-25(18)14-15-5-2-3-8-21-15/h2-3,5,7-9,13,18H,4,6,10-12,14H2,1H3. The molecule has 1 fully saturated rings. The lowest BCUT2D eigenvalue weighted by molar-refractivity contribution is 0.146. The van der Waals surface area contributed by atoms with E-state index in [0.29, 0.717) is 36.4 Å². The molecular formula is C20H23N5O3. The molecule has 0 aliphatic carbocycles. The first-order valence-corrected chi connectivity index (χ1v) is 9.39. The van der Waals surface area contributed by atoms with Crippen molar-refractivity contribution in [3.63, 3.8) is 0 Å². The fraction of sp³-hybridized carbons (Fsp3) is 0.400. The van der Waals surface area contributed by atoms with E-state index in [1.807, 2.05) is 30.5 Å². The maximum absolute atomic E-state index is 5.63. The molecule has 4 heterocycles. The number of hydrogen-bond donors (Lipinski definition) is 0. The molecule has 1 aliphatic rings. The molecule has 0 radical (unpaired) electrons. The molecule has 4 rings (SSSR count). The van der Waals surface area contributed by atoms with Crippen LogP contribution in [0.2, 0.25) is 0 Å². The number of pyridine rings is 2. The van der Waals surface area contributed by atoms with Crippen LogP contribution in [0.25, 0.3) is 11.5 Å². The first-order valence-electron chi connectivity index (χ1n) is 9.39. The van der Waals surface area contributed by atoms with E-state index in [9.17, 15) is 0 Å². The van der Waals surface area contributed by atoms with Gasteiger partial charge in [0.15, 0.2) is 0 Å². The summed E-state index contributed by atoms with van der Waals surface area (Å²) in [5.74, 6) is 1.79. The van der Waals surface area contributed by atoms with Gasteiger partial charge in [-0.05, 0) is 37.6 Å². The van der Waals surface area contributed by atoms with E-state index in [2.05, 4.69) is 25.0 Å². The highest BCUT2D eigenvalue weighted by Crippen LogP contribution is 2.33. The molecule has 8 nitrogen and oxygen atoms in total. The number of methoxy groups -OCH3 is 1. The summed E-state index contributed by atoms with van der Waals surface area (Å²) in [6.07, 6.45) is 5.58. The van der Waals surface area contributed by atoms with Gasteiger partial charge in [-0.2, -0.15) is 4.98 Å². The molecule has 3 aromatic rings. The van der Waals surface area contributed by atoms with E-state index in [1.54, 1.807) is 19.4 Å². The summed E-state index contributed by atoms with van der Waals surface area (Å²) >= 11 is 0. The van der Waals surface area contributed by atoms with Crippen LogP contribution in [-0.4, -0.2) is 51.9 Å². The lowest BCUT2D eigenvalue weighted by atomic mass is 10.2. The third kappa shape index (κ3) is 4.35. The molecule has 8 heteroatoms. The second-order valence-corrected chi connectivity index (χ2v) is 6.62. The van der Waals surface area contributed by atoms with Crippen LogP contribution in [-0.2, 0) is 11.3 Å².